The number of nitrogens with zero attached hydrogens (tertiary/aromatic N) is 2. The van der Waals surface area contributed by atoms with E-state index >= 15 is 0 Å². The van der Waals surface area contributed by atoms with Crippen LogP contribution in [-0.4, -0.2) is 63.2 Å². The summed E-state index contributed by atoms with van der Waals surface area (Å²) in [6.07, 6.45) is 0.920. The molecule has 0 aromatic heterocycles. The highest BCUT2D eigenvalue weighted by molar-refractivity contribution is 6.32. The average molecular weight is 419 g/mol. The number of hydrogen-bond acceptors (Lipinski definition) is 5. The molecule has 0 unspecified atom stereocenters. The Morgan fingerprint density at radius 2 is 1.72 bits per heavy atom. The van der Waals surface area contributed by atoms with Crippen molar-refractivity contribution in [3.63, 3.8) is 0 Å². The first-order valence-corrected chi connectivity index (χ1v) is 9.99. The largest absolute Gasteiger partial charge is 0.497 e. The number of rotatable bonds is 6. The van der Waals surface area contributed by atoms with Crippen molar-refractivity contribution < 1.29 is 19.0 Å². The van der Waals surface area contributed by atoms with Gasteiger partial charge in [0.05, 0.1) is 26.4 Å². The van der Waals surface area contributed by atoms with Gasteiger partial charge in [0.15, 0.2) is 11.5 Å². The molecule has 1 aliphatic rings. The molecule has 1 fully saturated rings. The van der Waals surface area contributed by atoms with Crippen molar-refractivity contribution in [3.8, 4) is 17.2 Å². The molecule has 3 rings (SSSR count). The Kier molecular flexibility index (Phi) is 7.23. The normalized spacial score (nSPS) is 15.0. The Bertz CT molecular complexity index is 841. The van der Waals surface area contributed by atoms with Gasteiger partial charge < -0.3 is 19.1 Å². The van der Waals surface area contributed by atoms with Crippen LogP contribution in [0.3, 0.4) is 0 Å². The minimum atomic E-state index is -0.0425. The number of hydrogen-bond donors (Lipinski definition) is 0. The van der Waals surface area contributed by atoms with E-state index in [9.17, 15) is 4.79 Å². The van der Waals surface area contributed by atoms with Gasteiger partial charge in [0.2, 0.25) is 0 Å². The molecule has 0 aliphatic carbocycles. The molecular weight excluding hydrogens is 392 g/mol. The SMILES string of the molecule is COc1ccc(CN2CCCN(C(=O)c3cc(Cl)c(OC)c(OC)c3)CC2)cc1. The minimum Gasteiger partial charge on any atom is -0.497 e. The third-order valence-corrected chi connectivity index (χ3v) is 5.40. The lowest BCUT2D eigenvalue weighted by Gasteiger charge is -2.23. The van der Waals surface area contributed by atoms with Crippen LogP contribution in [0.1, 0.15) is 22.3 Å². The van der Waals surface area contributed by atoms with Crippen molar-refractivity contribution in [2.24, 2.45) is 0 Å². The quantitative estimate of drug-likeness (QED) is 0.715. The molecule has 2 aromatic carbocycles. The lowest BCUT2D eigenvalue weighted by atomic mass is 10.1. The summed E-state index contributed by atoms with van der Waals surface area (Å²) in [5.41, 5.74) is 1.74. The molecule has 0 saturated carbocycles. The van der Waals surface area contributed by atoms with Gasteiger partial charge >= 0.3 is 0 Å². The second-order valence-corrected chi connectivity index (χ2v) is 7.37. The van der Waals surface area contributed by atoms with E-state index in [4.69, 9.17) is 25.8 Å². The molecule has 0 radical (unpaired) electrons. The van der Waals surface area contributed by atoms with Crippen LogP contribution in [0, 0.1) is 0 Å². The predicted octanol–water partition coefficient (Wildman–Crippen LogP) is 3.71. The summed E-state index contributed by atoms with van der Waals surface area (Å²) in [5, 5.41) is 0.367. The standard InChI is InChI=1S/C22H27ClN2O4/c1-27-18-7-5-16(6-8-18)15-24-9-4-10-25(12-11-24)22(26)17-13-19(23)21(29-3)20(14-17)28-2/h5-8,13-14H,4,9-12,15H2,1-3H3. The summed E-state index contributed by atoms with van der Waals surface area (Å²) in [7, 11) is 4.73. The van der Waals surface area contributed by atoms with E-state index in [0.29, 0.717) is 35.2 Å². The van der Waals surface area contributed by atoms with Crippen molar-refractivity contribution in [1.29, 1.82) is 0 Å². The molecule has 156 valence electrons. The first kappa shape index (κ1) is 21.3. The van der Waals surface area contributed by atoms with Crippen LogP contribution in [-0.2, 0) is 6.54 Å². The highest BCUT2D eigenvalue weighted by Crippen LogP contribution is 2.36. The summed E-state index contributed by atoms with van der Waals surface area (Å²) in [5.74, 6) is 1.71. The Morgan fingerprint density at radius 3 is 2.38 bits per heavy atom. The van der Waals surface area contributed by atoms with Crippen LogP contribution in [0.2, 0.25) is 5.02 Å². The second-order valence-electron chi connectivity index (χ2n) is 6.96. The number of carbonyl (C=O) groups is 1. The molecule has 0 N–H and O–H groups in total. The molecule has 29 heavy (non-hydrogen) atoms. The maximum atomic E-state index is 13.0. The van der Waals surface area contributed by atoms with Crippen LogP contribution < -0.4 is 14.2 Å². The van der Waals surface area contributed by atoms with Crippen LogP contribution in [0.15, 0.2) is 36.4 Å². The van der Waals surface area contributed by atoms with Gasteiger partial charge in [0.25, 0.3) is 5.91 Å². The third-order valence-electron chi connectivity index (χ3n) is 5.12. The molecule has 0 spiro atoms. The van der Waals surface area contributed by atoms with Gasteiger partial charge in [0, 0.05) is 38.3 Å². The number of halogens is 1. The monoisotopic (exact) mass is 418 g/mol. The first-order chi connectivity index (χ1) is 14.0. The van der Waals surface area contributed by atoms with Gasteiger partial charge in [0.1, 0.15) is 5.75 Å². The summed E-state index contributed by atoms with van der Waals surface area (Å²) in [6.45, 7) is 4.00. The van der Waals surface area contributed by atoms with Crippen molar-refractivity contribution in [1.82, 2.24) is 9.80 Å². The molecule has 0 bridgehead atoms. The Morgan fingerprint density at radius 1 is 0.966 bits per heavy atom. The van der Waals surface area contributed by atoms with Gasteiger partial charge in [-0.3, -0.25) is 9.69 Å². The molecule has 1 amide bonds. The van der Waals surface area contributed by atoms with Gasteiger partial charge in [-0.15, -0.1) is 0 Å². The predicted molar refractivity (Wildman–Crippen MR) is 113 cm³/mol. The van der Waals surface area contributed by atoms with Crippen LogP contribution in [0.25, 0.3) is 0 Å². The smallest absolute Gasteiger partial charge is 0.254 e. The van der Waals surface area contributed by atoms with Crippen molar-refractivity contribution in [3.05, 3.63) is 52.5 Å². The average Bonchev–Trinajstić information content (AvgIpc) is 2.98. The van der Waals surface area contributed by atoms with E-state index in [2.05, 4.69) is 17.0 Å². The Hall–Kier alpha value is -2.44. The number of benzene rings is 2. The number of methoxy groups -OCH3 is 3. The fourth-order valence-corrected chi connectivity index (χ4v) is 3.83. The van der Waals surface area contributed by atoms with Crippen LogP contribution >= 0.6 is 11.6 Å². The second kappa shape index (κ2) is 9.85. The summed E-state index contributed by atoms with van der Waals surface area (Å²) >= 11 is 6.27. The van der Waals surface area contributed by atoms with Gasteiger partial charge in [-0.2, -0.15) is 0 Å². The van der Waals surface area contributed by atoms with E-state index in [0.717, 1.165) is 31.8 Å². The van der Waals surface area contributed by atoms with Crippen LogP contribution in [0.4, 0.5) is 0 Å². The number of ether oxygens (including phenoxy) is 3. The summed E-state index contributed by atoms with van der Waals surface area (Å²) in [6, 6.07) is 11.4. The van der Waals surface area contributed by atoms with E-state index < -0.39 is 0 Å². The minimum absolute atomic E-state index is 0.0425. The lowest BCUT2D eigenvalue weighted by Crippen LogP contribution is -2.35. The first-order valence-electron chi connectivity index (χ1n) is 9.61. The van der Waals surface area contributed by atoms with E-state index in [1.54, 1.807) is 19.2 Å². The highest BCUT2D eigenvalue weighted by Gasteiger charge is 2.23. The maximum Gasteiger partial charge on any atom is 0.254 e. The molecule has 1 aliphatic heterocycles. The van der Waals surface area contributed by atoms with E-state index in [1.165, 1.54) is 19.8 Å². The molecule has 2 aromatic rings. The molecule has 1 heterocycles. The molecule has 6 nitrogen and oxygen atoms in total. The zero-order chi connectivity index (χ0) is 20.8. The summed E-state index contributed by atoms with van der Waals surface area (Å²) in [4.78, 5) is 17.3. The lowest BCUT2D eigenvalue weighted by molar-refractivity contribution is 0.0760. The molecule has 0 atom stereocenters. The van der Waals surface area contributed by atoms with E-state index in [1.807, 2.05) is 17.0 Å². The Balaban J connectivity index is 1.65. The molecular formula is C22H27ClN2O4. The van der Waals surface area contributed by atoms with Crippen molar-refractivity contribution in [2.45, 2.75) is 13.0 Å². The third kappa shape index (κ3) is 5.14. The summed E-state index contributed by atoms with van der Waals surface area (Å²) < 4.78 is 15.8. The Labute approximate surface area is 176 Å². The van der Waals surface area contributed by atoms with Gasteiger partial charge in [-0.1, -0.05) is 23.7 Å². The fourth-order valence-electron chi connectivity index (χ4n) is 3.55. The van der Waals surface area contributed by atoms with E-state index in [-0.39, 0.29) is 5.91 Å². The fraction of sp³-hybridized carbons (Fsp3) is 0.409. The highest BCUT2D eigenvalue weighted by atomic mass is 35.5. The number of amides is 1. The number of carbonyl (C=O) groups excluding carboxylic acids is 1. The maximum absolute atomic E-state index is 13.0. The molecule has 7 heteroatoms. The zero-order valence-electron chi connectivity index (χ0n) is 17.1. The van der Waals surface area contributed by atoms with Crippen molar-refractivity contribution >= 4 is 17.5 Å². The van der Waals surface area contributed by atoms with Gasteiger partial charge in [-0.25, -0.2) is 0 Å². The van der Waals surface area contributed by atoms with Crippen molar-refractivity contribution in [2.75, 3.05) is 47.5 Å². The van der Waals surface area contributed by atoms with Gasteiger partial charge in [-0.05, 0) is 36.2 Å². The van der Waals surface area contributed by atoms with Crippen LogP contribution in [0.5, 0.6) is 17.2 Å². The molecule has 1 saturated heterocycles. The topological polar surface area (TPSA) is 51.2 Å². The zero-order valence-corrected chi connectivity index (χ0v) is 17.9.